The number of Topliss-reactive ketones (excluding diaryl/α,β-unsaturated/α-hetero) is 1. The van der Waals surface area contributed by atoms with Gasteiger partial charge in [0.1, 0.15) is 0 Å². The quantitative estimate of drug-likeness (QED) is 0.309. The van der Waals surface area contributed by atoms with Crippen molar-refractivity contribution in [3.63, 3.8) is 0 Å². The molecule has 1 amide bonds. The fraction of sp³-hybridized carbons (Fsp3) is 0.519. The van der Waals surface area contributed by atoms with Crippen molar-refractivity contribution in [3.8, 4) is 5.75 Å². The number of halogens is 1. The van der Waals surface area contributed by atoms with E-state index in [1.807, 2.05) is 20.8 Å². The minimum absolute atomic E-state index is 0.0120. The van der Waals surface area contributed by atoms with Gasteiger partial charge in [-0.15, -0.1) is 0 Å². The predicted octanol–water partition coefficient (Wildman–Crippen LogP) is 0.900. The van der Waals surface area contributed by atoms with Crippen LogP contribution in [0.25, 0.3) is 0 Å². The van der Waals surface area contributed by atoms with E-state index in [9.17, 15) is 30.0 Å². The van der Waals surface area contributed by atoms with Crippen LogP contribution < -0.4 is 11.1 Å². The number of fused-ring (bicyclic) bond motifs is 3. The van der Waals surface area contributed by atoms with Crippen LogP contribution in [0, 0.1) is 23.1 Å². The number of hydrogen-bond donors (Lipinski definition) is 6. The van der Waals surface area contributed by atoms with Gasteiger partial charge in [0.2, 0.25) is 0 Å². The van der Waals surface area contributed by atoms with Gasteiger partial charge in [0.15, 0.2) is 0 Å². The van der Waals surface area contributed by atoms with E-state index in [4.69, 9.17) is 5.73 Å². The van der Waals surface area contributed by atoms with Crippen LogP contribution in [-0.4, -0.2) is 82.3 Å². The van der Waals surface area contributed by atoms with Gasteiger partial charge in [-0.05, 0) is 0 Å². The van der Waals surface area contributed by atoms with Gasteiger partial charge in [0.25, 0.3) is 0 Å². The molecule has 11 heteroatoms. The molecular weight excluding hydrogens is 492 g/mol. The summed E-state index contributed by atoms with van der Waals surface area (Å²) in [4.78, 5) is 27.6. The van der Waals surface area contributed by atoms with Crippen LogP contribution in [0.3, 0.4) is 0 Å². The molecule has 0 spiro atoms. The zero-order chi connectivity index (χ0) is 28.5. The summed E-state index contributed by atoms with van der Waals surface area (Å²) in [5, 5.41) is 48.4. The SMILES string of the molecule is B=C1C(C(N)=O)=C(O)[C@@H](N(C)C)[C@@H]2C[C@@H]3Cc4c(F)cc(CNCC(C)(C)C)c(O)c4C(=O)C3=C(O)[C@]12O. The second-order valence-corrected chi connectivity index (χ2v) is 12.0. The van der Waals surface area contributed by atoms with Gasteiger partial charge in [-0.2, -0.15) is 0 Å². The number of nitrogens with two attached hydrogens (primary N) is 1. The van der Waals surface area contributed by atoms with Crippen LogP contribution >= 0.6 is 0 Å². The number of likely N-dealkylation sites (N-methyl/N-ethyl adjacent to an activating group) is 1. The van der Waals surface area contributed by atoms with E-state index in [0.29, 0.717) is 6.54 Å². The number of nitrogens with one attached hydrogen (secondary N) is 1. The van der Waals surface area contributed by atoms with Crippen molar-refractivity contribution in [2.24, 2.45) is 23.0 Å². The monoisotopic (exact) mass is 527 g/mol. The first-order valence-corrected chi connectivity index (χ1v) is 12.6. The summed E-state index contributed by atoms with van der Waals surface area (Å²) in [5.74, 6) is -5.63. The van der Waals surface area contributed by atoms with Crippen molar-refractivity contribution in [1.82, 2.24) is 10.2 Å². The molecule has 3 aliphatic rings. The number of aliphatic hydroxyl groups is 3. The number of allylic oxidation sites excluding steroid dienone is 1. The van der Waals surface area contributed by atoms with Crippen LogP contribution in [0.15, 0.2) is 28.7 Å². The molecule has 0 unspecified atom stereocenters. The fourth-order valence-electron chi connectivity index (χ4n) is 6.20. The Hall–Kier alpha value is -3.02. The van der Waals surface area contributed by atoms with Crippen molar-refractivity contribution in [2.75, 3.05) is 20.6 Å². The summed E-state index contributed by atoms with van der Waals surface area (Å²) in [7, 11) is 7.01. The van der Waals surface area contributed by atoms with E-state index in [-0.39, 0.29) is 58.3 Å². The molecule has 0 heterocycles. The van der Waals surface area contributed by atoms with E-state index >= 15 is 4.39 Å². The van der Waals surface area contributed by atoms with Crippen LogP contribution in [0.5, 0.6) is 5.75 Å². The molecule has 0 saturated carbocycles. The topological polar surface area (TPSA) is 156 Å². The Bertz CT molecular complexity index is 1310. The van der Waals surface area contributed by atoms with Gasteiger partial charge in [0.05, 0.1) is 0 Å². The molecular formula is C27H35BFN3O6. The minimum atomic E-state index is -2.29. The van der Waals surface area contributed by atoms with E-state index in [2.05, 4.69) is 12.8 Å². The molecule has 1 aromatic rings. The number of amides is 1. The number of aromatic hydroxyl groups is 1. The number of rotatable bonds is 5. The standard InChI is InChI=1S/C27H35BFN3O6/c1-26(2,3)10-31-9-12-8-15(29)13-6-11-7-14-19(32(4)5)22(35)18(25(30)37)23(28)27(14,38)24(36)16(11)21(34)17(13)20(12)33/h8,11,14,19,28,31,33,35-36,38H,6-7,9-10H2,1-5H3,(H2,30,37)/t11-,14-,19-,27+/m0/s1. The maximum absolute atomic E-state index is 15.3. The number of ketones is 1. The molecule has 0 fully saturated rings. The molecule has 204 valence electrons. The van der Waals surface area contributed by atoms with Crippen LogP contribution in [-0.2, 0) is 17.8 Å². The number of hydrogen-bond acceptors (Lipinski definition) is 8. The average molecular weight is 527 g/mol. The van der Waals surface area contributed by atoms with Crippen LogP contribution in [0.2, 0.25) is 0 Å². The maximum atomic E-state index is 15.3. The van der Waals surface area contributed by atoms with Gasteiger partial charge < -0.3 is 0 Å². The summed E-state index contributed by atoms with van der Waals surface area (Å²) in [6.45, 7) is 6.76. The molecule has 4 rings (SSSR count). The van der Waals surface area contributed by atoms with Crippen molar-refractivity contribution in [2.45, 2.75) is 51.8 Å². The molecule has 9 nitrogen and oxygen atoms in total. The Kier molecular flexibility index (Phi) is 6.87. The number of nitrogens with zero attached hydrogens (tertiary/aromatic N) is 1. The van der Waals surface area contributed by atoms with E-state index < -0.39 is 58.1 Å². The van der Waals surface area contributed by atoms with E-state index in [1.165, 1.54) is 6.07 Å². The van der Waals surface area contributed by atoms with Crippen LogP contribution in [0.4, 0.5) is 4.39 Å². The predicted molar refractivity (Wildman–Crippen MR) is 142 cm³/mol. The Labute approximate surface area is 221 Å². The van der Waals surface area contributed by atoms with Crippen LogP contribution in [0.1, 0.15) is 48.7 Å². The first-order valence-electron chi connectivity index (χ1n) is 12.6. The number of aliphatic hydroxyl groups excluding tert-OH is 2. The Balaban J connectivity index is 1.85. The van der Waals surface area contributed by atoms with Gasteiger partial charge in [-0.3, -0.25) is 0 Å². The van der Waals surface area contributed by atoms with Crippen molar-refractivity contribution in [3.05, 3.63) is 51.2 Å². The third-order valence-electron chi connectivity index (χ3n) is 7.91. The van der Waals surface area contributed by atoms with Gasteiger partial charge >= 0.3 is 201 Å². The zero-order valence-corrected chi connectivity index (χ0v) is 22.4. The second kappa shape index (κ2) is 9.32. The molecule has 7 N–H and O–H groups in total. The number of primary amides is 1. The summed E-state index contributed by atoms with van der Waals surface area (Å²) in [5.41, 5.74) is 2.21. The summed E-state index contributed by atoms with van der Waals surface area (Å²) >= 11 is 0. The number of phenolic OH excluding ortho intramolecular Hbond substituents is 1. The Morgan fingerprint density at radius 1 is 1.29 bits per heavy atom. The summed E-state index contributed by atoms with van der Waals surface area (Å²) < 4.78 is 15.3. The molecule has 0 saturated heterocycles. The van der Waals surface area contributed by atoms with Gasteiger partial charge in [-0.1, -0.05) is 20.8 Å². The fourth-order valence-corrected chi connectivity index (χ4v) is 6.20. The number of carbonyl (C=O) groups excluding carboxylic acids is 2. The molecule has 4 atom stereocenters. The van der Waals surface area contributed by atoms with Crippen molar-refractivity contribution >= 4 is 24.6 Å². The zero-order valence-electron chi connectivity index (χ0n) is 22.4. The molecule has 0 radical (unpaired) electrons. The van der Waals surface area contributed by atoms with Crippen molar-refractivity contribution in [1.29, 1.82) is 0 Å². The third-order valence-corrected chi connectivity index (χ3v) is 7.91. The Morgan fingerprint density at radius 3 is 2.47 bits per heavy atom. The number of benzene rings is 1. The van der Waals surface area contributed by atoms with Gasteiger partial charge in [0, 0.05) is 0 Å². The summed E-state index contributed by atoms with van der Waals surface area (Å²) in [6, 6.07) is 0.270. The third kappa shape index (κ3) is 4.17. The number of carbonyl (C=O) groups is 2. The summed E-state index contributed by atoms with van der Waals surface area (Å²) in [6.07, 6.45) is 0.0516. The molecule has 3 aliphatic carbocycles. The number of phenols is 1. The van der Waals surface area contributed by atoms with Crippen molar-refractivity contribution < 1.29 is 34.4 Å². The van der Waals surface area contributed by atoms with E-state index in [0.717, 1.165) is 0 Å². The average Bonchev–Trinajstić information content (AvgIpc) is 2.78. The Morgan fingerprint density at radius 2 is 1.92 bits per heavy atom. The molecule has 0 aromatic heterocycles. The first-order chi connectivity index (χ1) is 17.5. The second-order valence-electron chi connectivity index (χ2n) is 12.0. The van der Waals surface area contributed by atoms with E-state index in [1.54, 1.807) is 19.0 Å². The normalized spacial score (nSPS) is 27.4. The first kappa shape index (κ1) is 28.0. The molecule has 0 aliphatic heterocycles. The molecule has 38 heavy (non-hydrogen) atoms. The molecule has 0 bridgehead atoms. The molecule has 1 aromatic carbocycles. The van der Waals surface area contributed by atoms with Gasteiger partial charge in [-0.25, -0.2) is 0 Å².